The number of hydrogen-bond donors (Lipinski definition) is 1. The number of fused-ring (bicyclic) bond motifs is 1. The lowest BCUT2D eigenvalue weighted by molar-refractivity contribution is 0.348. The van der Waals surface area contributed by atoms with Crippen LogP contribution in [0.25, 0.3) is 10.9 Å². The minimum atomic E-state index is 0.431. The second-order valence-electron chi connectivity index (χ2n) is 5.38. The van der Waals surface area contributed by atoms with Gasteiger partial charge in [0.2, 0.25) is 0 Å². The van der Waals surface area contributed by atoms with Crippen LogP contribution in [-0.2, 0) is 6.54 Å². The van der Waals surface area contributed by atoms with Crippen molar-refractivity contribution in [3.05, 3.63) is 36.0 Å². The van der Waals surface area contributed by atoms with Gasteiger partial charge in [0.25, 0.3) is 0 Å². The molecule has 4 nitrogen and oxygen atoms in total. The Morgan fingerprint density at radius 3 is 2.75 bits per heavy atom. The first-order valence-electron chi connectivity index (χ1n) is 6.91. The van der Waals surface area contributed by atoms with E-state index in [4.69, 9.17) is 9.72 Å². The van der Waals surface area contributed by atoms with Gasteiger partial charge in [0.05, 0.1) is 12.8 Å². The highest BCUT2D eigenvalue weighted by Gasteiger charge is 2.06. The lowest BCUT2D eigenvalue weighted by atomic mass is 10.2. The quantitative estimate of drug-likeness (QED) is 0.876. The average molecular weight is 273 g/mol. The van der Waals surface area contributed by atoms with Crippen molar-refractivity contribution in [2.45, 2.75) is 19.5 Å². The molecule has 0 saturated heterocycles. The lowest BCUT2D eigenvalue weighted by Crippen LogP contribution is -2.35. The molecule has 2 aromatic rings. The van der Waals surface area contributed by atoms with Gasteiger partial charge in [-0.05, 0) is 33.2 Å². The van der Waals surface area contributed by atoms with Gasteiger partial charge in [-0.25, -0.2) is 4.98 Å². The zero-order valence-electron chi connectivity index (χ0n) is 12.7. The molecule has 0 bridgehead atoms. The molecule has 0 radical (unpaired) electrons. The number of nitrogens with one attached hydrogen (secondary N) is 1. The van der Waals surface area contributed by atoms with E-state index >= 15 is 0 Å². The molecule has 2 rings (SSSR count). The Bertz CT molecular complexity index is 569. The molecule has 0 spiro atoms. The number of hydrogen-bond acceptors (Lipinski definition) is 4. The Hall–Kier alpha value is -1.65. The summed E-state index contributed by atoms with van der Waals surface area (Å²) in [5.41, 5.74) is 1.96. The topological polar surface area (TPSA) is 37.4 Å². The molecule has 4 heteroatoms. The largest absolute Gasteiger partial charge is 0.494 e. The maximum absolute atomic E-state index is 5.37. The van der Waals surface area contributed by atoms with Crippen LogP contribution in [0.15, 0.2) is 30.3 Å². The van der Waals surface area contributed by atoms with Gasteiger partial charge in [0, 0.05) is 24.5 Å². The number of likely N-dealkylation sites (N-methyl/N-ethyl adjacent to an activating group) is 1. The van der Waals surface area contributed by atoms with E-state index in [0.717, 1.165) is 35.4 Å². The second kappa shape index (κ2) is 6.68. The van der Waals surface area contributed by atoms with Crippen molar-refractivity contribution in [3.63, 3.8) is 0 Å². The van der Waals surface area contributed by atoms with Crippen LogP contribution >= 0.6 is 0 Å². The predicted molar refractivity (Wildman–Crippen MR) is 83.2 cm³/mol. The van der Waals surface area contributed by atoms with Crippen LogP contribution in [0.3, 0.4) is 0 Å². The van der Waals surface area contributed by atoms with Gasteiger partial charge in [0.15, 0.2) is 0 Å². The van der Waals surface area contributed by atoms with Crippen molar-refractivity contribution in [1.29, 1.82) is 0 Å². The predicted octanol–water partition coefficient (Wildman–Crippen LogP) is 2.28. The zero-order valence-corrected chi connectivity index (χ0v) is 12.7. The lowest BCUT2D eigenvalue weighted by Gasteiger charge is -2.18. The van der Waals surface area contributed by atoms with Gasteiger partial charge < -0.3 is 15.0 Å². The molecule has 0 aliphatic carbocycles. The second-order valence-corrected chi connectivity index (χ2v) is 5.38. The molecular formula is C16H23N3O. The van der Waals surface area contributed by atoms with E-state index in [2.05, 4.69) is 49.4 Å². The van der Waals surface area contributed by atoms with Gasteiger partial charge in [0.1, 0.15) is 11.3 Å². The average Bonchev–Trinajstić information content (AvgIpc) is 2.43. The molecule has 1 aromatic heterocycles. The van der Waals surface area contributed by atoms with Crippen molar-refractivity contribution in [3.8, 4) is 5.75 Å². The standard InChI is InChI=1S/C16H23N3O/c1-12(11-19(2)3)17-10-14-9-8-13-6-5-7-15(20-4)16(13)18-14/h5-9,12,17H,10-11H2,1-4H3. The Morgan fingerprint density at radius 1 is 1.25 bits per heavy atom. The monoisotopic (exact) mass is 273 g/mol. The summed E-state index contributed by atoms with van der Waals surface area (Å²) < 4.78 is 5.37. The maximum Gasteiger partial charge on any atom is 0.145 e. The van der Waals surface area contributed by atoms with E-state index < -0.39 is 0 Å². The summed E-state index contributed by atoms with van der Waals surface area (Å²) in [6, 6.07) is 10.6. The van der Waals surface area contributed by atoms with E-state index in [1.807, 2.05) is 12.1 Å². The molecule has 0 saturated carbocycles. The Balaban J connectivity index is 2.11. The fraction of sp³-hybridized carbons (Fsp3) is 0.438. The molecule has 1 aromatic carbocycles. The van der Waals surface area contributed by atoms with Gasteiger partial charge in [-0.15, -0.1) is 0 Å². The molecule has 0 fully saturated rings. The molecule has 1 heterocycles. The third kappa shape index (κ3) is 3.68. The minimum Gasteiger partial charge on any atom is -0.494 e. The van der Waals surface area contributed by atoms with Crippen LogP contribution in [-0.4, -0.2) is 43.7 Å². The van der Waals surface area contributed by atoms with Crippen LogP contribution in [0.4, 0.5) is 0 Å². The Kier molecular flexibility index (Phi) is 4.93. The number of benzene rings is 1. The number of nitrogens with zero attached hydrogens (tertiary/aromatic N) is 2. The van der Waals surface area contributed by atoms with E-state index in [9.17, 15) is 0 Å². The summed E-state index contributed by atoms with van der Waals surface area (Å²) in [5, 5.41) is 4.59. The molecule has 0 aliphatic heterocycles. The maximum atomic E-state index is 5.37. The summed E-state index contributed by atoms with van der Waals surface area (Å²) in [6.45, 7) is 3.96. The summed E-state index contributed by atoms with van der Waals surface area (Å²) in [5.74, 6) is 0.825. The first-order chi connectivity index (χ1) is 9.60. The molecule has 1 N–H and O–H groups in total. The van der Waals surface area contributed by atoms with Crippen LogP contribution < -0.4 is 10.1 Å². The summed E-state index contributed by atoms with van der Waals surface area (Å²) >= 11 is 0. The van der Waals surface area contributed by atoms with E-state index in [-0.39, 0.29) is 0 Å². The van der Waals surface area contributed by atoms with Gasteiger partial charge in [-0.1, -0.05) is 18.2 Å². The van der Waals surface area contributed by atoms with Gasteiger partial charge >= 0.3 is 0 Å². The highest BCUT2D eigenvalue weighted by Crippen LogP contribution is 2.23. The van der Waals surface area contributed by atoms with Crippen LogP contribution in [0, 0.1) is 0 Å². The molecule has 0 aliphatic rings. The van der Waals surface area contributed by atoms with Crippen LogP contribution in [0.1, 0.15) is 12.6 Å². The van der Waals surface area contributed by atoms with Crippen molar-refractivity contribution in [2.24, 2.45) is 0 Å². The van der Waals surface area contributed by atoms with Crippen molar-refractivity contribution >= 4 is 10.9 Å². The SMILES string of the molecule is COc1cccc2ccc(CNC(C)CN(C)C)nc12. The van der Waals surface area contributed by atoms with Crippen molar-refractivity contribution in [2.75, 3.05) is 27.7 Å². The number of ether oxygens (including phenoxy) is 1. The molecule has 20 heavy (non-hydrogen) atoms. The highest BCUT2D eigenvalue weighted by molar-refractivity contribution is 5.84. The zero-order chi connectivity index (χ0) is 14.5. The fourth-order valence-corrected chi connectivity index (χ4v) is 2.31. The number of pyridine rings is 1. The smallest absolute Gasteiger partial charge is 0.145 e. The van der Waals surface area contributed by atoms with Gasteiger partial charge in [-0.2, -0.15) is 0 Å². The first kappa shape index (κ1) is 14.8. The number of methoxy groups -OCH3 is 1. The van der Waals surface area contributed by atoms with Crippen molar-refractivity contribution in [1.82, 2.24) is 15.2 Å². The van der Waals surface area contributed by atoms with E-state index in [0.29, 0.717) is 6.04 Å². The fourth-order valence-electron chi connectivity index (χ4n) is 2.31. The Labute approximate surface area is 120 Å². The van der Waals surface area contributed by atoms with Crippen LogP contribution in [0.2, 0.25) is 0 Å². The Morgan fingerprint density at radius 2 is 2.05 bits per heavy atom. The summed E-state index contributed by atoms with van der Waals surface area (Å²) in [4.78, 5) is 6.87. The summed E-state index contributed by atoms with van der Waals surface area (Å²) in [6.07, 6.45) is 0. The number of aromatic nitrogens is 1. The van der Waals surface area contributed by atoms with Crippen molar-refractivity contribution < 1.29 is 4.74 Å². The minimum absolute atomic E-state index is 0.431. The van der Waals surface area contributed by atoms with E-state index in [1.54, 1.807) is 7.11 Å². The molecular weight excluding hydrogens is 250 g/mol. The third-order valence-electron chi connectivity index (χ3n) is 3.23. The summed E-state index contributed by atoms with van der Waals surface area (Å²) in [7, 11) is 5.84. The molecule has 0 amide bonds. The first-order valence-corrected chi connectivity index (χ1v) is 6.91. The molecule has 1 unspecified atom stereocenters. The number of para-hydroxylation sites is 1. The third-order valence-corrected chi connectivity index (χ3v) is 3.23. The highest BCUT2D eigenvalue weighted by atomic mass is 16.5. The molecule has 108 valence electrons. The molecule has 1 atom stereocenters. The van der Waals surface area contributed by atoms with Crippen LogP contribution in [0.5, 0.6) is 5.75 Å². The number of rotatable bonds is 6. The normalized spacial score (nSPS) is 12.8. The van der Waals surface area contributed by atoms with E-state index in [1.165, 1.54) is 0 Å². The van der Waals surface area contributed by atoms with Gasteiger partial charge in [-0.3, -0.25) is 0 Å².